The zero-order valence-corrected chi connectivity index (χ0v) is 16.4. The minimum Gasteiger partial charge on any atom is -0.490 e. The van der Waals surface area contributed by atoms with Gasteiger partial charge >= 0.3 is 5.97 Å². The molecule has 4 heteroatoms. The maximum Gasteiger partial charge on any atom is 0.307 e. The van der Waals surface area contributed by atoms with Crippen LogP contribution in [0.2, 0.25) is 0 Å². The molecular weight excluding hydrogens is 376 g/mol. The fourth-order valence-corrected chi connectivity index (χ4v) is 2.85. The van der Waals surface area contributed by atoms with Crippen LogP contribution in [0.15, 0.2) is 91.0 Å². The molecule has 0 bridgehead atoms. The van der Waals surface area contributed by atoms with E-state index in [-0.39, 0.29) is 12.2 Å². The molecule has 0 saturated heterocycles. The minimum absolute atomic E-state index is 0.104. The average molecular weight is 398 g/mol. The first-order valence-corrected chi connectivity index (χ1v) is 9.58. The maximum absolute atomic E-state index is 12.3. The van der Waals surface area contributed by atoms with Crippen molar-refractivity contribution in [3.63, 3.8) is 0 Å². The van der Waals surface area contributed by atoms with Gasteiger partial charge in [0.2, 0.25) is 0 Å². The lowest BCUT2D eigenvalue weighted by Gasteiger charge is -2.03. The lowest BCUT2D eigenvalue weighted by Crippen LogP contribution is -2.02. The Morgan fingerprint density at radius 2 is 1.57 bits per heavy atom. The molecule has 0 spiro atoms. The van der Waals surface area contributed by atoms with Gasteiger partial charge in [-0.05, 0) is 47.0 Å². The Bertz CT molecular complexity index is 1050. The van der Waals surface area contributed by atoms with E-state index in [1.165, 1.54) is 6.08 Å². The summed E-state index contributed by atoms with van der Waals surface area (Å²) in [5.74, 6) is -0.348. The van der Waals surface area contributed by atoms with E-state index in [1.54, 1.807) is 30.3 Å². The van der Waals surface area contributed by atoms with Crippen LogP contribution >= 0.6 is 0 Å². The zero-order valence-electron chi connectivity index (χ0n) is 16.4. The molecule has 0 heterocycles. The molecular formula is C26H22O4. The summed E-state index contributed by atoms with van der Waals surface area (Å²) >= 11 is 0. The molecule has 0 fully saturated rings. The SMILES string of the molecule is O=C(O)Cc1cccc(C(=O)C=Cc2ccc(OCC=Cc3ccccc3)cc2)c1. The van der Waals surface area contributed by atoms with Gasteiger partial charge in [0.05, 0.1) is 6.42 Å². The second kappa shape index (κ2) is 10.6. The Kier molecular flexibility index (Phi) is 7.34. The fraction of sp³-hybridized carbons (Fsp3) is 0.0769. The highest BCUT2D eigenvalue weighted by Gasteiger charge is 2.05. The molecule has 30 heavy (non-hydrogen) atoms. The average Bonchev–Trinajstić information content (AvgIpc) is 2.76. The number of hydrogen-bond acceptors (Lipinski definition) is 3. The van der Waals surface area contributed by atoms with Crippen LogP contribution in [0.1, 0.15) is 27.0 Å². The van der Waals surface area contributed by atoms with Crippen molar-refractivity contribution in [2.24, 2.45) is 0 Å². The molecule has 150 valence electrons. The number of hydrogen-bond donors (Lipinski definition) is 1. The highest BCUT2D eigenvalue weighted by Crippen LogP contribution is 2.14. The van der Waals surface area contributed by atoms with Crippen molar-refractivity contribution in [1.29, 1.82) is 0 Å². The van der Waals surface area contributed by atoms with E-state index in [0.29, 0.717) is 17.7 Å². The summed E-state index contributed by atoms with van der Waals surface area (Å²) in [5, 5.41) is 8.88. The monoisotopic (exact) mass is 398 g/mol. The molecule has 0 saturated carbocycles. The Morgan fingerprint density at radius 3 is 2.30 bits per heavy atom. The van der Waals surface area contributed by atoms with Gasteiger partial charge in [-0.2, -0.15) is 0 Å². The summed E-state index contributed by atoms with van der Waals surface area (Å²) in [7, 11) is 0. The van der Waals surface area contributed by atoms with Crippen molar-refractivity contribution in [3.8, 4) is 5.75 Å². The van der Waals surface area contributed by atoms with E-state index in [1.807, 2.05) is 66.7 Å². The van der Waals surface area contributed by atoms with E-state index in [4.69, 9.17) is 9.84 Å². The Balaban J connectivity index is 1.53. The highest BCUT2D eigenvalue weighted by molar-refractivity contribution is 6.07. The van der Waals surface area contributed by atoms with Gasteiger partial charge in [-0.1, -0.05) is 72.8 Å². The van der Waals surface area contributed by atoms with Crippen LogP contribution in [-0.4, -0.2) is 23.5 Å². The van der Waals surface area contributed by atoms with Crippen LogP contribution < -0.4 is 4.74 Å². The molecule has 4 nitrogen and oxygen atoms in total. The van der Waals surface area contributed by atoms with Crippen molar-refractivity contribution >= 4 is 23.9 Å². The normalized spacial score (nSPS) is 11.1. The Hall–Kier alpha value is -3.92. The molecule has 0 aliphatic carbocycles. The smallest absolute Gasteiger partial charge is 0.307 e. The van der Waals surface area contributed by atoms with Crippen LogP contribution in [0.3, 0.4) is 0 Å². The molecule has 0 aliphatic rings. The number of aliphatic carboxylic acids is 1. The topological polar surface area (TPSA) is 63.6 Å². The molecule has 3 aromatic carbocycles. The van der Waals surface area contributed by atoms with Crippen molar-refractivity contribution in [3.05, 3.63) is 113 Å². The Morgan fingerprint density at radius 1 is 0.833 bits per heavy atom. The Labute approximate surface area is 175 Å². The molecule has 1 N–H and O–H groups in total. The predicted octanol–water partition coefficient (Wildman–Crippen LogP) is 5.30. The standard InChI is InChI=1S/C26H22O4/c27-25(23-10-4-8-22(18-23)19-26(28)29)16-13-21-11-14-24(15-12-21)30-17-5-9-20-6-2-1-3-7-20/h1-16,18H,17,19H2,(H,28,29). The van der Waals surface area contributed by atoms with E-state index < -0.39 is 5.97 Å². The number of rotatable bonds is 9. The molecule has 3 aromatic rings. The third-order valence-corrected chi connectivity index (χ3v) is 4.33. The zero-order chi connectivity index (χ0) is 21.2. The number of carboxylic acids is 1. The van der Waals surface area contributed by atoms with Crippen molar-refractivity contribution in [2.45, 2.75) is 6.42 Å². The van der Waals surface area contributed by atoms with Gasteiger partial charge < -0.3 is 9.84 Å². The fourth-order valence-electron chi connectivity index (χ4n) is 2.85. The van der Waals surface area contributed by atoms with Crippen molar-refractivity contribution < 1.29 is 19.4 Å². The highest BCUT2D eigenvalue weighted by atomic mass is 16.5. The van der Waals surface area contributed by atoms with Gasteiger partial charge in [0.1, 0.15) is 12.4 Å². The summed E-state index contributed by atoms with van der Waals surface area (Å²) < 4.78 is 5.70. The number of benzene rings is 3. The van der Waals surface area contributed by atoms with Gasteiger partial charge in [0.25, 0.3) is 0 Å². The maximum atomic E-state index is 12.3. The summed E-state index contributed by atoms with van der Waals surface area (Å²) in [6.45, 7) is 0.468. The van der Waals surface area contributed by atoms with Crippen molar-refractivity contribution in [1.82, 2.24) is 0 Å². The molecule has 0 aliphatic heterocycles. The van der Waals surface area contributed by atoms with Gasteiger partial charge in [-0.3, -0.25) is 9.59 Å². The number of carbonyl (C=O) groups is 2. The molecule has 3 rings (SSSR count). The third kappa shape index (κ3) is 6.60. The predicted molar refractivity (Wildman–Crippen MR) is 119 cm³/mol. The van der Waals surface area contributed by atoms with E-state index in [0.717, 1.165) is 16.9 Å². The number of allylic oxidation sites excluding steroid dienone is 1. The number of carbonyl (C=O) groups excluding carboxylic acids is 1. The van der Waals surface area contributed by atoms with Gasteiger partial charge in [-0.15, -0.1) is 0 Å². The van der Waals surface area contributed by atoms with E-state index in [2.05, 4.69) is 0 Å². The lowest BCUT2D eigenvalue weighted by atomic mass is 10.0. The second-order valence-corrected chi connectivity index (χ2v) is 6.66. The van der Waals surface area contributed by atoms with Gasteiger partial charge in [0.15, 0.2) is 5.78 Å². The first-order valence-electron chi connectivity index (χ1n) is 9.58. The van der Waals surface area contributed by atoms with Gasteiger partial charge in [-0.25, -0.2) is 0 Å². The van der Waals surface area contributed by atoms with E-state index in [9.17, 15) is 9.59 Å². The minimum atomic E-state index is -0.923. The summed E-state index contributed by atoms with van der Waals surface area (Å²) in [5.41, 5.74) is 3.07. The van der Waals surface area contributed by atoms with Crippen LogP contribution in [0.25, 0.3) is 12.2 Å². The van der Waals surface area contributed by atoms with Crippen LogP contribution in [0, 0.1) is 0 Å². The van der Waals surface area contributed by atoms with Gasteiger partial charge in [0, 0.05) is 5.56 Å². The summed E-state index contributed by atoms with van der Waals surface area (Å²) in [4.78, 5) is 23.2. The summed E-state index contributed by atoms with van der Waals surface area (Å²) in [6, 6.07) is 24.2. The molecule has 0 radical (unpaired) electrons. The first kappa shape index (κ1) is 20.8. The van der Waals surface area contributed by atoms with Crippen LogP contribution in [0.4, 0.5) is 0 Å². The van der Waals surface area contributed by atoms with Crippen molar-refractivity contribution in [2.75, 3.05) is 6.61 Å². The number of ether oxygens (including phenoxy) is 1. The molecule has 0 unspecified atom stereocenters. The van der Waals surface area contributed by atoms with Crippen LogP contribution in [-0.2, 0) is 11.2 Å². The van der Waals surface area contributed by atoms with Crippen LogP contribution in [0.5, 0.6) is 5.75 Å². The lowest BCUT2D eigenvalue weighted by molar-refractivity contribution is -0.136. The summed E-state index contributed by atoms with van der Waals surface area (Å²) in [6.07, 6.45) is 7.07. The molecule has 0 aromatic heterocycles. The van der Waals surface area contributed by atoms with E-state index >= 15 is 0 Å². The third-order valence-electron chi connectivity index (χ3n) is 4.33. The largest absolute Gasteiger partial charge is 0.490 e. The second-order valence-electron chi connectivity index (χ2n) is 6.66. The quantitative estimate of drug-likeness (QED) is 0.392. The molecule has 0 amide bonds. The molecule has 0 atom stereocenters. The number of carboxylic acid groups (broad SMARTS) is 1. The number of ketones is 1. The first-order chi connectivity index (χ1) is 14.6.